The van der Waals surface area contributed by atoms with Crippen molar-refractivity contribution in [1.82, 2.24) is 4.98 Å². The van der Waals surface area contributed by atoms with Crippen molar-refractivity contribution in [1.29, 1.82) is 0 Å². The molecule has 2 rings (SSSR count). The van der Waals surface area contributed by atoms with E-state index in [0.29, 0.717) is 17.5 Å². The number of nitrogens with zero attached hydrogens (tertiary/aromatic N) is 1. The lowest BCUT2D eigenvalue weighted by Gasteiger charge is -2.08. The van der Waals surface area contributed by atoms with E-state index in [2.05, 4.69) is 4.98 Å². The normalized spacial score (nSPS) is 10.4. The highest BCUT2D eigenvalue weighted by atomic mass is 35.5. The summed E-state index contributed by atoms with van der Waals surface area (Å²) in [5, 5.41) is 3.52. The summed E-state index contributed by atoms with van der Waals surface area (Å²) in [6, 6.07) is 5.42. The first kappa shape index (κ1) is 11.7. The van der Waals surface area contributed by atoms with Crippen molar-refractivity contribution in [3.05, 3.63) is 45.4 Å². The lowest BCUT2D eigenvalue weighted by atomic mass is 10.2. The quantitative estimate of drug-likeness (QED) is 0.782. The molecule has 0 saturated heterocycles. The van der Waals surface area contributed by atoms with Crippen molar-refractivity contribution < 1.29 is 4.74 Å². The zero-order valence-electron chi connectivity index (χ0n) is 8.32. The minimum absolute atomic E-state index is 0.383. The summed E-state index contributed by atoms with van der Waals surface area (Å²) in [5.41, 5.74) is 0.894. The highest BCUT2D eigenvalue weighted by Gasteiger charge is 2.05. The summed E-state index contributed by atoms with van der Waals surface area (Å²) in [6.07, 6.45) is 1.76. The van der Waals surface area contributed by atoms with Crippen LogP contribution in [0.3, 0.4) is 0 Å². The Morgan fingerprint density at radius 2 is 2.25 bits per heavy atom. The third kappa shape index (κ3) is 2.88. The molecule has 0 radical (unpaired) electrons. The summed E-state index contributed by atoms with van der Waals surface area (Å²) in [6.45, 7) is 0.461. The van der Waals surface area contributed by atoms with E-state index >= 15 is 0 Å². The largest absolute Gasteiger partial charge is 0.486 e. The molecule has 0 unspecified atom stereocenters. The average molecular weight is 274 g/mol. The highest BCUT2D eigenvalue weighted by Crippen LogP contribution is 2.25. The first-order valence-corrected chi connectivity index (χ1v) is 6.44. The number of aromatic nitrogens is 1. The standard InChI is InChI=1S/C11H9Cl2NOS/c12-6-8-5-9(13)1-2-10(8)15-7-11-14-3-4-16-11/h1-5H,6-7H2. The summed E-state index contributed by atoms with van der Waals surface area (Å²) in [5.74, 6) is 1.14. The highest BCUT2D eigenvalue weighted by molar-refractivity contribution is 7.09. The number of thiazole rings is 1. The second kappa shape index (κ2) is 5.53. The number of rotatable bonds is 4. The van der Waals surface area contributed by atoms with Crippen LogP contribution in [0.25, 0.3) is 0 Å². The minimum atomic E-state index is 0.383. The molecule has 1 aromatic carbocycles. The smallest absolute Gasteiger partial charge is 0.140 e. The molecule has 0 saturated carbocycles. The fraction of sp³-hybridized carbons (Fsp3) is 0.182. The Morgan fingerprint density at radius 1 is 1.38 bits per heavy atom. The van der Waals surface area contributed by atoms with E-state index in [4.69, 9.17) is 27.9 Å². The zero-order valence-corrected chi connectivity index (χ0v) is 10.6. The van der Waals surface area contributed by atoms with Crippen LogP contribution >= 0.6 is 34.5 Å². The molecule has 0 spiro atoms. The molecular formula is C11H9Cl2NOS. The lowest BCUT2D eigenvalue weighted by molar-refractivity contribution is 0.303. The number of alkyl halides is 1. The van der Waals surface area contributed by atoms with Gasteiger partial charge in [-0.3, -0.25) is 0 Å². The number of hydrogen-bond donors (Lipinski definition) is 0. The van der Waals surface area contributed by atoms with Crippen LogP contribution in [0, 0.1) is 0 Å². The van der Waals surface area contributed by atoms with Gasteiger partial charge in [-0.05, 0) is 18.2 Å². The Morgan fingerprint density at radius 3 is 2.94 bits per heavy atom. The van der Waals surface area contributed by atoms with Crippen molar-refractivity contribution in [3.8, 4) is 5.75 Å². The molecule has 0 fully saturated rings. The first-order valence-electron chi connectivity index (χ1n) is 4.65. The molecule has 0 aliphatic heterocycles. The molecule has 0 amide bonds. The minimum Gasteiger partial charge on any atom is -0.486 e. The Labute approximate surface area is 108 Å². The molecule has 5 heteroatoms. The molecule has 16 heavy (non-hydrogen) atoms. The topological polar surface area (TPSA) is 22.1 Å². The summed E-state index contributed by atoms with van der Waals surface area (Å²) < 4.78 is 5.63. The molecule has 0 atom stereocenters. The Hall–Kier alpha value is -0.770. The van der Waals surface area contributed by atoms with Crippen LogP contribution in [0.15, 0.2) is 29.8 Å². The molecule has 1 aromatic heterocycles. The Bertz CT molecular complexity index is 459. The second-order valence-electron chi connectivity index (χ2n) is 3.10. The zero-order chi connectivity index (χ0) is 11.4. The van der Waals surface area contributed by atoms with Crippen LogP contribution in [0.1, 0.15) is 10.6 Å². The molecule has 84 valence electrons. The maximum Gasteiger partial charge on any atom is 0.140 e. The van der Waals surface area contributed by atoms with Gasteiger partial charge in [-0.25, -0.2) is 4.98 Å². The van der Waals surface area contributed by atoms with Crippen molar-refractivity contribution in [2.75, 3.05) is 0 Å². The SMILES string of the molecule is ClCc1cc(Cl)ccc1OCc1nccs1. The van der Waals surface area contributed by atoms with Gasteiger partial charge in [0.1, 0.15) is 17.4 Å². The van der Waals surface area contributed by atoms with Gasteiger partial charge in [0.05, 0.1) is 5.88 Å². The number of halogens is 2. The monoisotopic (exact) mass is 273 g/mol. The molecule has 0 aliphatic rings. The summed E-state index contributed by atoms with van der Waals surface area (Å²) >= 11 is 13.2. The van der Waals surface area contributed by atoms with Crippen LogP contribution in [0.2, 0.25) is 5.02 Å². The van der Waals surface area contributed by atoms with Gasteiger partial charge in [-0.1, -0.05) is 11.6 Å². The van der Waals surface area contributed by atoms with Crippen LogP contribution in [0.4, 0.5) is 0 Å². The molecule has 0 aliphatic carbocycles. The second-order valence-corrected chi connectivity index (χ2v) is 4.78. The predicted octanol–water partition coefficient (Wildman–Crippen LogP) is 4.11. The molecule has 2 aromatic rings. The van der Waals surface area contributed by atoms with E-state index in [9.17, 15) is 0 Å². The Balaban J connectivity index is 2.09. The van der Waals surface area contributed by atoms with Crippen molar-refractivity contribution in [3.63, 3.8) is 0 Å². The molecule has 0 bridgehead atoms. The third-order valence-corrected chi connectivity index (χ3v) is 3.28. The number of ether oxygens (including phenoxy) is 1. The fourth-order valence-corrected chi connectivity index (χ4v) is 2.19. The van der Waals surface area contributed by atoms with E-state index in [-0.39, 0.29) is 0 Å². The molecule has 2 nitrogen and oxygen atoms in total. The molecule has 1 heterocycles. The van der Waals surface area contributed by atoms with Gasteiger partial charge in [0.2, 0.25) is 0 Å². The van der Waals surface area contributed by atoms with Gasteiger partial charge >= 0.3 is 0 Å². The van der Waals surface area contributed by atoms with E-state index in [1.807, 2.05) is 17.5 Å². The van der Waals surface area contributed by atoms with E-state index in [1.165, 1.54) is 0 Å². The van der Waals surface area contributed by atoms with E-state index in [1.54, 1.807) is 23.6 Å². The number of hydrogen-bond acceptors (Lipinski definition) is 3. The van der Waals surface area contributed by atoms with Crippen molar-refractivity contribution >= 4 is 34.5 Å². The van der Waals surface area contributed by atoms with Gasteiger partial charge < -0.3 is 4.74 Å². The van der Waals surface area contributed by atoms with Gasteiger partial charge in [-0.2, -0.15) is 0 Å². The van der Waals surface area contributed by atoms with Crippen LogP contribution in [-0.2, 0) is 12.5 Å². The first-order chi connectivity index (χ1) is 7.79. The van der Waals surface area contributed by atoms with Gasteiger partial charge in [0.25, 0.3) is 0 Å². The summed E-state index contributed by atoms with van der Waals surface area (Å²) in [7, 11) is 0. The van der Waals surface area contributed by atoms with Gasteiger partial charge in [0.15, 0.2) is 0 Å². The van der Waals surface area contributed by atoms with Gasteiger partial charge in [0, 0.05) is 22.2 Å². The Kier molecular flexibility index (Phi) is 4.04. The van der Waals surface area contributed by atoms with Crippen LogP contribution < -0.4 is 4.74 Å². The lowest BCUT2D eigenvalue weighted by Crippen LogP contribution is -1.97. The maximum atomic E-state index is 5.87. The van der Waals surface area contributed by atoms with Crippen molar-refractivity contribution in [2.45, 2.75) is 12.5 Å². The fourth-order valence-electron chi connectivity index (χ4n) is 1.26. The van der Waals surface area contributed by atoms with E-state index < -0.39 is 0 Å². The van der Waals surface area contributed by atoms with E-state index in [0.717, 1.165) is 16.3 Å². The van der Waals surface area contributed by atoms with Crippen molar-refractivity contribution in [2.24, 2.45) is 0 Å². The molecule has 0 N–H and O–H groups in total. The van der Waals surface area contributed by atoms with Crippen LogP contribution in [-0.4, -0.2) is 4.98 Å². The maximum absolute atomic E-state index is 5.87. The van der Waals surface area contributed by atoms with Crippen LogP contribution in [0.5, 0.6) is 5.75 Å². The predicted molar refractivity (Wildman–Crippen MR) is 67.5 cm³/mol. The number of benzene rings is 1. The average Bonchev–Trinajstić information content (AvgIpc) is 2.80. The third-order valence-electron chi connectivity index (χ3n) is 2.00. The van der Waals surface area contributed by atoms with Gasteiger partial charge in [-0.15, -0.1) is 22.9 Å². The summed E-state index contributed by atoms with van der Waals surface area (Å²) in [4.78, 5) is 4.14. The molecular weight excluding hydrogens is 265 g/mol.